The van der Waals surface area contributed by atoms with Gasteiger partial charge in [-0.2, -0.15) is 0 Å². The van der Waals surface area contributed by atoms with Crippen LogP contribution in [0.15, 0.2) is 39.5 Å². The molecule has 120 valence electrons. The Morgan fingerprint density at radius 2 is 2.00 bits per heavy atom. The van der Waals surface area contributed by atoms with Crippen LogP contribution in [-0.4, -0.2) is 5.91 Å². The topological polar surface area (TPSA) is 41.1 Å². The summed E-state index contributed by atoms with van der Waals surface area (Å²) >= 11 is 5.17. The van der Waals surface area contributed by atoms with E-state index in [-0.39, 0.29) is 24.4 Å². The third-order valence-electron chi connectivity index (χ3n) is 3.25. The van der Waals surface area contributed by atoms with Gasteiger partial charge in [-0.25, -0.2) is 0 Å². The Balaban J connectivity index is 0.00000242. The molecular weight excluding hydrogens is 384 g/mol. The van der Waals surface area contributed by atoms with Gasteiger partial charge in [0.2, 0.25) is 5.91 Å². The number of nitrogens with one attached hydrogen (secondary N) is 2. The lowest BCUT2D eigenvalue weighted by Gasteiger charge is -2.14. The van der Waals surface area contributed by atoms with Gasteiger partial charge in [-0.05, 0) is 57.6 Å². The molecular formula is C16H20BrClN2OS. The van der Waals surface area contributed by atoms with Crippen LogP contribution in [0.3, 0.4) is 0 Å². The molecule has 3 nitrogen and oxygen atoms in total. The zero-order chi connectivity index (χ0) is 15.2. The summed E-state index contributed by atoms with van der Waals surface area (Å²) in [7, 11) is 0. The normalized spacial score (nSPS) is 11.6. The number of carbonyl (C=O) groups is 1. The summed E-state index contributed by atoms with van der Waals surface area (Å²) in [4.78, 5) is 11.3. The molecule has 1 unspecified atom stereocenters. The number of thiophene rings is 1. The summed E-state index contributed by atoms with van der Waals surface area (Å²) in [6.45, 7) is 4.83. The van der Waals surface area contributed by atoms with Crippen LogP contribution in [0.1, 0.15) is 37.4 Å². The minimum absolute atomic E-state index is 0. The minimum atomic E-state index is 0. The number of anilines is 1. The fraction of sp³-hybridized carbons (Fsp3) is 0.312. The molecule has 0 spiro atoms. The highest BCUT2D eigenvalue weighted by Gasteiger charge is 2.06. The molecule has 1 aromatic carbocycles. The maximum Gasteiger partial charge on any atom is 0.224 e. The summed E-state index contributed by atoms with van der Waals surface area (Å²) in [5, 5.41) is 8.50. The summed E-state index contributed by atoms with van der Waals surface area (Å²) < 4.78 is 1.16. The fourth-order valence-electron chi connectivity index (χ4n) is 1.93. The van der Waals surface area contributed by atoms with Gasteiger partial charge in [-0.15, -0.1) is 23.7 Å². The van der Waals surface area contributed by atoms with Gasteiger partial charge in [0, 0.05) is 24.7 Å². The molecule has 1 atom stereocenters. The predicted molar refractivity (Wildman–Crippen MR) is 99.9 cm³/mol. The molecule has 0 aliphatic carbocycles. The number of carbonyl (C=O) groups excluding carboxylic acids is 1. The van der Waals surface area contributed by atoms with Crippen LogP contribution in [0.5, 0.6) is 0 Å². The van der Waals surface area contributed by atoms with E-state index in [1.807, 2.05) is 31.2 Å². The Morgan fingerprint density at radius 1 is 1.32 bits per heavy atom. The van der Waals surface area contributed by atoms with E-state index in [1.165, 1.54) is 11.1 Å². The maximum atomic E-state index is 11.3. The molecule has 0 fully saturated rings. The van der Waals surface area contributed by atoms with Crippen molar-refractivity contribution in [1.29, 1.82) is 0 Å². The van der Waals surface area contributed by atoms with Crippen molar-refractivity contribution >= 4 is 51.3 Å². The zero-order valence-electron chi connectivity index (χ0n) is 12.6. The molecule has 2 rings (SSSR count). The first-order chi connectivity index (χ1) is 10.1. The van der Waals surface area contributed by atoms with Gasteiger partial charge >= 0.3 is 0 Å². The van der Waals surface area contributed by atoms with Crippen LogP contribution in [0.25, 0.3) is 0 Å². The first-order valence-electron chi connectivity index (χ1n) is 6.94. The molecule has 22 heavy (non-hydrogen) atoms. The van der Waals surface area contributed by atoms with Crippen molar-refractivity contribution in [3.05, 3.63) is 50.6 Å². The van der Waals surface area contributed by atoms with Crippen molar-refractivity contribution in [3.8, 4) is 0 Å². The third-order valence-corrected chi connectivity index (χ3v) is 4.80. The lowest BCUT2D eigenvalue weighted by Crippen LogP contribution is -2.17. The van der Waals surface area contributed by atoms with Gasteiger partial charge in [0.25, 0.3) is 0 Å². The Morgan fingerprint density at radius 3 is 2.55 bits per heavy atom. The van der Waals surface area contributed by atoms with Crippen LogP contribution in [0, 0.1) is 0 Å². The highest BCUT2D eigenvalue weighted by Crippen LogP contribution is 2.22. The Kier molecular flexibility index (Phi) is 8.10. The van der Waals surface area contributed by atoms with E-state index in [4.69, 9.17) is 0 Å². The third kappa shape index (κ3) is 5.72. The minimum Gasteiger partial charge on any atom is -0.326 e. The highest BCUT2D eigenvalue weighted by atomic mass is 79.9. The van der Waals surface area contributed by atoms with E-state index >= 15 is 0 Å². The average Bonchev–Trinajstić information content (AvgIpc) is 2.91. The average molecular weight is 404 g/mol. The van der Waals surface area contributed by atoms with Gasteiger partial charge in [-0.3, -0.25) is 4.79 Å². The summed E-state index contributed by atoms with van der Waals surface area (Å²) in [5.41, 5.74) is 3.34. The van der Waals surface area contributed by atoms with Crippen molar-refractivity contribution in [2.75, 3.05) is 5.32 Å². The standard InChI is InChI=1S/C16H19BrN2OS.ClH/c1-3-16(20)19-14-6-4-13(5-7-14)11(2)18-9-12-8-15(17)21-10-12;/h4-8,10-11,18H,3,9H2,1-2H3,(H,19,20);1H. The molecule has 0 bridgehead atoms. The molecule has 6 heteroatoms. The van der Waals surface area contributed by atoms with E-state index in [1.54, 1.807) is 11.3 Å². The lowest BCUT2D eigenvalue weighted by atomic mass is 10.1. The lowest BCUT2D eigenvalue weighted by molar-refractivity contribution is -0.115. The molecule has 0 aliphatic rings. The van der Waals surface area contributed by atoms with Crippen LogP contribution in [0.2, 0.25) is 0 Å². The number of amides is 1. The van der Waals surface area contributed by atoms with Gasteiger partial charge in [-0.1, -0.05) is 19.1 Å². The van der Waals surface area contributed by atoms with Gasteiger partial charge < -0.3 is 10.6 Å². The summed E-state index contributed by atoms with van der Waals surface area (Å²) in [6, 6.07) is 10.4. The highest BCUT2D eigenvalue weighted by molar-refractivity contribution is 9.11. The second-order valence-electron chi connectivity index (χ2n) is 4.89. The van der Waals surface area contributed by atoms with E-state index in [2.05, 4.69) is 44.9 Å². The molecule has 0 aliphatic heterocycles. The quantitative estimate of drug-likeness (QED) is 0.702. The van der Waals surface area contributed by atoms with Crippen LogP contribution >= 0.6 is 39.7 Å². The number of hydrogen-bond acceptors (Lipinski definition) is 3. The van der Waals surface area contributed by atoms with E-state index in [0.717, 1.165) is 16.0 Å². The molecule has 0 saturated carbocycles. The Bertz CT molecular complexity index is 600. The Hall–Kier alpha value is -0.880. The Labute approximate surface area is 150 Å². The van der Waals surface area contributed by atoms with Gasteiger partial charge in [0.05, 0.1) is 3.79 Å². The monoisotopic (exact) mass is 402 g/mol. The molecule has 1 heterocycles. The molecule has 0 radical (unpaired) electrons. The molecule has 2 aromatic rings. The zero-order valence-corrected chi connectivity index (χ0v) is 15.8. The molecule has 2 N–H and O–H groups in total. The first kappa shape index (κ1) is 19.2. The van der Waals surface area contributed by atoms with Crippen molar-refractivity contribution in [3.63, 3.8) is 0 Å². The number of rotatable bonds is 6. The molecule has 0 saturated heterocycles. The maximum absolute atomic E-state index is 11.3. The second kappa shape index (κ2) is 9.30. The summed E-state index contributed by atoms with van der Waals surface area (Å²) in [6.07, 6.45) is 0.496. The van der Waals surface area contributed by atoms with E-state index in [9.17, 15) is 4.79 Å². The van der Waals surface area contributed by atoms with E-state index in [0.29, 0.717) is 6.42 Å². The number of benzene rings is 1. The molecule has 1 amide bonds. The van der Waals surface area contributed by atoms with Crippen LogP contribution < -0.4 is 10.6 Å². The number of hydrogen-bond donors (Lipinski definition) is 2. The van der Waals surface area contributed by atoms with Crippen LogP contribution in [0.4, 0.5) is 5.69 Å². The van der Waals surface area contributed by atoms with Gasteiger partial charge in [0.1, 0.15) is 0 Å². The summed E-state index contributed by atoms with van der Waals surface area (Å²) in [5.74, 6) is 0.0389. The fourth-order valence-corrected chi connectivity index (χ4v) is 3.14. The number of halogens is 2. The van der Waals surface area contributed by atoms with Crippen molar-refractivity contribution in [2.24, 2.45) is 0 Å². The molecule has 1 aromatic heterocycles. The van der Waals surface area contributed by atoms with Crippen LogP contribution in [-0.2, 0) is 11.3 Å². The second-order valence-corrected chi connectivity index (χ2v) is 7.18. The largest absolute Gasteiger partial charge is 0.326 e. The van der Waals surface area contributed by atoms with E-state index < -0.39 is 0 Å². The first-order valence-corrected chi connectivity index (χ1v) is 8.62. The smallest absolute Gasteiger partial charge is 0.224 e. The van der Waals surface area contributed by atoms with Crippen molar-refractivity contribution < 1.29 is 4.79 Å². The SMILES string of the molecule is CCC(=O)Nc1ccc(C(C)NCc2csc(Br)c2)cc1.Cl. The van der Waals surface area contributed by atoms with Gasteiger partial charge in [0.15, 0.2) is 0 Å². The predicted octanol–water partition coefficient (Wildman–Crippen LogP) is 5.13. The van der Waals surface area contributed by atoms with Crippen molar-refractivity contribution in [1.82, 2.24) is 5.32 Å². The van der Waals surface area contributed by atoms with Crippen molar-refractivity contribution in [2.45, 2.75) is 32.9 Å².